The number of hydrogen-bond donors (Lipinski definition) is 2. The summed E-state index contributed by atoms with van der Waals surface area (Å²) in [5, 5.41) is 2.98. The van der Waals surface area contributed by atoms with E-state index in [0.717, 1.165) is 22.8 Å². The van der Waals surface area contributed by atoms with Crippen LogP contribution >= 0.6 is 0 Å². The van der Waals surface area contributed by atoms with Gasteiger partial charge in [-0.15, -0.1) is 0 Å². The Morgan fingerprint density at radius 3 is 2.39 bits per heavy atom. The van der Waals surface area contributed by atoms with Crippen LogP contribution in [0.3, 0.4) is 0 Å². The van der Waals surface area contributed by atoms with Gasteiger partial charge in [0.15, 0.2) is 0 Å². The smallest absolute Gasteiger partial charge is 0.253 e. The van der Waals surface area contributed by atoms with Crippen LogP contribution in [0.4, 0.5) is 0 Å². The second kappa shape index (κ2) is 6.46. The number of aromatic nitrogens is 1. The molecule has 1 amide bonds. The number of benzene rings is 1. The van der Waals surface area contributed by atoms with Crippen molar-refractivity contribution in [3.63, 3.8) is 0 Å². The number of methoxy groups -OCH3 is 1. The number of nitrogens with two attached hydrogens (primary N) is 1. The van der Waals surface area contributed by atoms with Crippen molar-refractivity contribution in [2.45, 2.75) is 33.2 Å². The van der Waals surface area contributed by atoms with Crippen molar-refractivity contribution in [2.75, 3.05) is 13.7 Å². The van der Waals surface area contributed by atoms with Crippen LogP contribution in [-0.2, 0) is 0 Å². The first kappa shape index (κ1) is 17.1. The van der Waals surface area contributed by atoms with Gasteiger partial charge in [0.05, 0.1) is 12.7 Å². The van der Waals surface area contributed by atoms with E-state index in [2.05, 4.69) is 9.88 Å². The van der Waals surface area contributed by atoms with Crippen LogP contribution in [0, 0.1) is 13.8 Å². The highest BCUT2D eigenvalue weighted by molar-refractivity contribution is 5.96. The van der Waals surface area contributed by atoms with Crippen LogP contribution in [0.1, 0.15) is 35.6 Å². The number of carbonyl (C=O) groups excluding carboxylic acids is 1. The van der Waals surface area contributed by atoms with Crippen molar-refractivity contribution in [1.82, 2.24) is 9.88 Å². The molecule has 0 aliphatic carbocycles. The highest BCUT2D eigenvalue weighted by Crippen LogP contribution is 2.23. The van der Waals surface area contributed by atoms with Gasteiger partial charge in [-0.25, -0.2) is 0 Å². The van der Waals surface area contributed by atoms with Gasteiger partial charge in [0.1, 0.15) is 5.75 Å². The molecule has 0 bridgehead atoms. The minimum absolute atomic E-state index is 0.103. The number of amides is 1. The fourth-order valence-electron chi connectivity index (χ4n) is 2.55. The molecule has 1 aromatic heterocycles. The Bertz CT molecular complexity index is 700. The average Bonchev–Trinajstić information content (AvgIpc) is 2.82. The van der Waals surface area contributed by atoms with Crippen LogP contribution in [0.25, 0.3) is 5.69 Å². The summed E-state index contributed by atoms with van der Waals surface area (Å²) < 4.78 is 7.25. The van der Waals surface area contributed by atoms with Crippen LogP contribution in [0.5, 0.6) is 5.75 Å². The maximum Gasteiger partial charge on any atom is 0.253 e. The Morgan fingerprint density at radius 1 is 1.26 bits per heavy atom. The topological polar surface area (TPSA) is 69.3 Å². The largest absolute Gasteiger partial charge is 0.497 e. The molecule has 0 saturated carbocycles. The lowest BCUT2D eigenvalue weighted by atomic mass is 10.1. The van der Waals surface area contributed by atoms with Gasteiger partial charge in [0.25, 0.3) is 5.91 Å². The zero-order valence-electron chi connectivity index (χ0n) is 14.4. The summed E-state index contributed by atoms with van der Waals surface area (Å²) in [5.41, 5.74) is 8.83. The molecule has 1 aromatic carbocycles. The Morgan fingerprint density at radius 2 is 1.87 bits per heavy atom. The van der Waals surface area contributed by atoms with Gasteiger partial charge in [-0.2, -0.15) is 0 Å². The van der Waals surface area contributed by atoms with Crippen LogP contribution in [0.2, 0.25) is 0 Å². The first-order chi connectivity index (χ1) is 10.8. The predicted molar refractivity (Wildman–Crippen MR) is 92.4 cm³/mol. The summed E-state index contributed by atoms with van der Waals surface area (Å²) in [6.45, 7) is 8.14. The molecule has 0 saturated heterocycles. The van der Waals surface area contributed by atoms with Crippen LogP contribution in [0.15, 0.2) is 30.3 Å². The Labute approximate surface area is 137 Å². The molecule has 0 fully saturated rings. The van der Waals surface area contributed by atoms with E-state index in [-0.39, 0.29) is 5.91 Å². The molecule has 2 rings (SSSR count). The molecule has 0 spiro atoms. The highest BCUT2D eigenvalue weighted by atomic mass is 16.5. The van der Waals surface area contributed by atoms with Crippen molar-refractivity contribution in [2.24, 2.45) is 5.73 Å². The summed E-state index contributed by atoms with van der Waals surface area (Å²) in [4.78, 5) is 12.5. The van der Waals surface area contributed by atoms with Gasteiger partial charge < -0.3 is 20.4 Å². The molecule has 0 unspecified atom stereocenters. The van der Waals surface area contributed by atoms with Crippen molar-refractivity contribution < 1.29 is 9.53 Å². The van der Waals surface area contributed by atoms with Gasteiger partial charge in [-0.3, -0.25) is 4.79 Å². The van der Waals surface area contributed by atoms with Crippen LogP contribution < -0.4 is 15.8 Å². The number of carbonyl (C=O) groups is 1. The van der Waals surface area contributed by atoms with Crippen LogP contribution in [-0.4, -0.2) is 29.7 Å². The molecule has 0 aliphatic heterocycles. The second-order valence-corrected chi connectivity index (χ2v) is 6.36. The quantitative estimate of drug-likeness (QED) is 0.891. The fourth-order valence-corrected chi connectivity index (χ4v) is 2.55. The fraction of sp³-hybridized carbons (Fsp3) is 0.389. The Hall–Kier alpha value is -2.27. The number of hydrogen-bond acceptors (Lipinski definition) is 3. The van der Waals surface area contributed by atoms with Crippen molar-refractivity contribution in [3.05, 3.63) is 47.3 Å². The van der Waals surface area contributed by atoms with E-state index in [4.69, 9.17) is 10.5 Å². The standard InChI is InChI=1S/C18H25N3O2/c1-12-10-16(17(22)20-18(3,4)11-19)13(2)21(12)14-6-8-15(23-5)9-7-14/h6-10H,11,19H2,1-5H3,(H,20,22). The molecule has 2 aromatic rings. The van der Waals surface area contributed by atoms with Gasteiger partial charge in [0.2, 0.25) is 0 Å². The van der Waals surface area contributed by atoms with E-state index in [1.165, 1.54) is 0 Å². The summed E-state index contributed by atoms with van der Waals surface area (Å²) in [6.07, 6.45) is 0. The molecule has 0 atom stereocenters. The molecule has 1 heterocycles. The number of rotatable bonds is 5. The molecule has 5 heteroatoms. The van der Waals surface area contributed by atoms with E-state index in [0.29, 0.717) is 12.1 Å². The van der Waals surface area contributed by atoms with E-state index in [1.807, 2.05) is 58.0 Å². The molecule has 0 radical (unpaired) electrons. The molecule has 124 valence electrons. The van der Waals surface area contributed by atoms with Crippen molar-refractivity contribution in [1.29, 1.82) is 0 Å². The highest BCUT2D eigenvalue weighted by Gasteiger charge is 2.22. The lowest BCUT2D eigenvalue weighted by Gasteiger charge is -2.24. The normalized spacial score (nSPS) is 11.4. The molecule has 23 heavy (non-hydrogen) atoms. The third-order valence-corrected chi connectivity index (χ3v) is 3.97. The zero-order valence-corrected chi connectivity index (χ0v) is 14.4. The van der Waals surface area contributed by atoms with E-state index in [9.17, 15) is 4.79 Å². The lowest BCUT2D eigenvalue weighted by molar-refractivity contribution is 0.0915. The van der Waals surface area contributed by atoms with Gasteiger partial charge in [0, 0.05) is 29.2 Å². The predicted octanol–water partition coefficient (Wildman–Crippen LogP) is 2.57. The average molecular weight is 315 g/mol. The number of nitrogens with one attached hydrogen (secondary N) is 1. The Kier molecular flexibility index (Phi) is 4.80. The lowest BCUT2D eigenvalue weighted by Crippen LogP contribution is -2.48. The maximum atomic E-state index is 12.5. The summed E-state index contributed by atoms with van der Waals surface area (Å²) in [5.74, 6) is 0.701. The van der Waals surface area contributed by atoms with E-state index >= 15 is 0 Å². The first-order valence-electron chi connectivity index (χ1n) is 7.65. The van der Waals surface area contributed by atoms with Gasteiger partial charge in [-0.05, 0) is 58.0 Å². The molecule has 5 nitrogen and oxygen atoms in total. The third kappa shape index (κ3) is 3.56. The molecule has 0 aliphatic rings. The number of ether oxygens (including phenoxy) is 1. The minimum Gasteiger partial charge on any atom is -0.497 e. The van der Waals surface area contributed by atoms with Crippen molar-refractivity contribution in [3.8, 4) is 11.4 Å². The first-order valence-corrected chi connectivity index (χ1v) is 7.65. The minimum atomic E-state index is -0.431. The number of aryl methyl sites for hydroxylation is 1. The Balaban J connectivity index is 2.37. The van der Waals surface area contributed by atoms with Crippen molar-refractivity contribution >= 4 is 5.91 Å². The zero-order chi connectivity index (χ0) is 17.2. The molecular weight excluding hydrogens is 290 g/mol. The second-order valence-electron chi connectivity index (χ2n) is 6.36. The van der Waals surface area contributed by atoms with Gasteiger partial charge in [-0.1, -0.05) is 0 Å². The number of nitrogens with zero attached hydrogens (tertiary/aromatic N) is 1. The van der Waals surface area contributed by atoms with E-state index < -0.39 is 5.54 Å². The summed E-state index contributed by atoms with van der Waals surface area (Å²) in [6, 6.07) is 9.67. The van der Waals surface area contributed by atoms with Gasteiger partial charge >= 0.3 is 0 Å². The third-order valence-electron chi connectivity index (χ3n) is 3.97. The van der Waals surface area contributed by atoms with E-state index in [1.54, 1.807) is 7.11 Å². The summed E-state index contributed by atoms with van der Waals surface area (Å²) in [7, 11) is 1.64. The summed E-state index contributed by atoms with van der Waals surface area (Å²) >= 11 is 0. The SMILES string of the molecule is COc1ccc(-n2c(C)cc(C(=O)NC(C)(C)CN)c2C)cc1. The molecule has 3 N–H and O–H groups in total. The molecular formula is C18H25N3O2. The monoisotopic (exact) mass is 315 g/mol. The maximum absolute atomic E-state index is 12.5.